The summed E-state index contributed by atoms with van der Waals surface area (Å²) in [5.41, 5.74) is 1.38. The summed E-state index contributed by atoms with van der Waals surface area (Å²) in [4.78, 5) is 11.5. The Morgan fingerprint density at radius 3 is 2.42 bits per heavy atom. The smallest absolute Gasteiger partial charge is 0.314 e. The SMILES string of the molecule is CCC(CC)c1ccc(OC)c(C2(C(=O)O)CC2)c1. The van der Waals surface area contributed by atoms with Crippen molar-refractivity contribution in [2.45, 2.75) is 50.9 Å². The van der Waals surface area contributed by atoms with E-state index < -0.39 is 11.4 Å². The summed E-state index contributed by atoms with van der Waals surface area (Å²) in [6.45, 7) is 4.34. The van der Waals surface area contributed by atoms with Gasteiger partial charge in [0.2, 0.25) is 0 Å². The molecule has 1 saturated carbocycles. The van der Waals surface area contributed by atoms with E-state index in [1.807, 2.05) is 6.07 Å². The molecule has 1 aliphatic rings. The zero-order valence-electron chi connectivity index (χ0n) is 11.9. The van der Waals surface area contributed by atoms with E-state index in [-0.39, 0.29) is 0 Å². The van der Waals surface area contributed by atoms with Crippen molar-refractivity contribution in [1.29, 1.82) is 0 Å². The van der Waals surface area contributed by atoms with Crippen molar-refractivity contribution >= 4 is 5.97 Å². The van der Waals surface area contributed by atoms with Crippen molar-refractivity contribution in [3.05, 3.63) is 29.3 Å². The van der Waals surface area contributed by atoms with Crippen molar-refractivity contribution in [3.8, 4) is 5.75 Å². The van der Waals surface area contributed by atoms with Crippen LogP contribution in [-0.2, 0) is 10.2 Å². The van der Waals surface area contributed by atoms with Crippen molar-refractivity contribution < 1.29 is 14.6 Å². The molecule has 0 saturated heterocycles. The van der Waals surface area contributed by atoms with Crippen LogP contribution in [0.5, 0.6) is 5.75 Å². The van der Waals surface area contributed by atoms with E-state index in [4.69, 9.17) is 4.74 Å². The molecule has 0 unspecified atom stereocenters. The summed E-state index contributed by atoms with van der Waals surface area (Å²) in [5.74, 6) is 0.469. The number of carboxylic acids is 1. The third kappa shape index (κ3) is 2.34. The number of methoxy groups -OCH3 is 1. The minimum atomic E-state index is -0.729. The van der Waals surface area contributed by atoms with Crippen LogP contribution in [0.25, 0.3) is 0 Å². The Labute approximate surface area is 114 Å². The average molecular weight is 262 g/mol. The summed E-state index contributed by atoms with van der Waals surface area (Å²) in [5, 5.41) is 9.47. The van der Waals surface area contributed by atoms with Gasteiger partial charge < -0.3 is 9.84 Å². The van der Waals surface area contributed by atoms with Crippen molar-refractivity contribution in [2.75, 3.05) is 7.11 Å². The maximum Gasteiger partial charge on any atom is 0.314 e. The standard InChI is InChI=1S/C16H22O3/c1-4-11(5-2)12-6-7-14(19-3)13(10-12)16(8-9-16)15(17)18/h6-7,10-11H,4-5,8-9H2,1-3H3,(H,17,18). The Kier molecular flexibility index (Phi) is 3.83. The topological polar surface area (TPSA) is 46.5 Å². The predicted octanol–water partition coefficient (Wildman–Crippen LogP) is 3.72. The van der Waals surface area contributed by atoms with Gasteiger partial charge in [-0.2, -0.15) is 0 Å². The van der Waals surface area contributed by atoms with E-state index in [1.165, 1.54) is 5.56 Å². The largest absolute Gasteiger partial charge is 0.496 e. The number of hydrogen-bond acceptors (Lipinski definition) is 2. The van der Waals surface area contributed by atoms with Gasteiger partial charge >= 0.3 is 5.97 Å². The Bertz CT molecular complexity index is 471. The van der Waals surface area contributed by atoms with Crippen LogP contribution >= 0.6 is 0 Å². The second kappa shape index (κ2) is 5.24. The number of hydrogen-bond donors (Lipinski definition) is 1. The van der Waals surface area contributed by atoms with E-state index >= 15 is 0 Å². The van der Waals surface area contributed by atoms with Gasteiger partial charge in [-0.15, -0.1) is 0 Å². The van der Waals surface area contributed by atoms with Crippen molar-refractivity contribution in [1.82, 2.24) is 0 Å². The lowest BCUT2D eigenvalue weighted by Gasteiger charge is -2.19. The van der Waals surface area contributed by atoms with E-state index in [2.05, 4.69) is 26.0 Å². The average Bonchev–Trinajstić information content (AvgIpc) is 3.21. The van der Waals surface area contributed by atoms with E-state index in [1.54, 1.807) is 7.11 Å². The number of rotatable bonds is 6. The molecule has 1 fully saturated rings. The molecular formula is C16H22O3. The Morgan fingerprint density at radius 2 is 2.00 bits per heavy atom. The molecule has 0 heterocycles. The molecule has 104 valence electrons. The summed E-state index contributed by atoms with van der Waals surface area (Å²) >= 11 is 0. The van der Waals surface area contributed by atoms with E-state index in [0.29, 0.717) is 24.5 Å². The quantitative estimate of drug-likeness (QED) is 0.850. The fraction of sp³-hybridized carbons (Fsp3) is 0.562. The Balaban J connectivity index is 2.46. The molecule has 1 N–H and O–H groups in total. The van der Waals surface area contributed by atoms with Crippen molar-refractivity contribution in [3.63, 3.8) is 0 Å². The molecular weight excluding hydrogens is 240 g/mol. The molecule has 0 aromatic heterocycles. The zero-order chi connectivity index (χ0) is 14.0. The van der Waals surface area contributed by atoms with Gasteiger partial charge in [0.25, 0.3) is 0 Å². The highest BCUT2D eigenvalue weighted by Gasteiger charge is 2.53. The Hall–Kier alpha value is -1.51. The van der Waals surface area contributed by atoms with Crippen LogP contribution in [0.1, 0.15) is 56.6 Å². The van der Waals surface area contributed by atoms with Crippen LogP contribution < -0.4 is 4.74 Å². The van der Waals surface area contributed by atoms with Gasteiger partial charge in [-0.1, -0.05) is 26.0 Å². The first-order valence-electron chi connectivity index (χ1n) is 7.00. The molecule has 1 aromatic rings. The van der Waals surface area contributed by atoms with Crippen molar-refractivity contribution in [2.24, 2.45) is 0 Å². The van der Waals surface area contributed by atoms with Crippen LogP contribution in [0.3, 0.4) is 0 Å². The second-order valence-corrected chi connectivity index (χ2v) is 5.36. The lowest BCUT2D eigenvalue weighted by Crippen LogP contribution is -2.20. The first-order valence-corrected chi connectivity index (χ1v) is 7.00. The van der Waals surface area contributed by atoms with Gasteiger partial charge in [-0.05, 0) is 43.2 Å². The second-order valence-electron chi connectivity index (χ2n) is 5.36. The Morgan fingerprint density at radius 1 is 1.37 bits per heavy atom. The first-order chi connectivity index (χ1) is 9.08. The first kappa shape index (κ1) is 13.9. The van der Waals surface area contributed by atoms with Gasteiger partial charge in [0.15, 0.2) is 0 Å². The number of benzene rings is 1. The summed E-state index contributed by atoms with van der Waals surface area (Å²) < 4.78 is 5.36. The molecule has 0 atom stereocenters. The highest BCUT2D eigenvalue weighted by Crippen LogP contribution is 2.52. The highest BCUT2D eigenvalue weighted by atomic mass is 16.5. The van der Waals surface area contributed by atoms with Gasteiger partial charge in [0, 0.05) is 5.56 Å². The fourth-order valence-corrected chi connectivity index (χ4v) is 2.84. The zero-order valence-corrected chi connectivity index (χ0v) is 11.9. The number of aliphatic carboxylic acids is 1. The van der Waals surface area contributed by atoms with Crippen LogP contribution in [0, 0.1) is 0 Å². The lowest BCUT2D eigenvalue weighted by molar-refractivity contribution is -0.140. The predicted molar refractivity (Wildman–Crippen MR) is 74.9 cm³/mol. The molecule has 3 heteroatoms. The molecule has 0 aliphatic heterocycles. The maximum absolute atomic E-state index is 11.5. The van der Waals surface area contributed by atoms with Crippen LogP contribution in [0.15, 0.2) is 18.2 Å². The van der Waals surface area contributed by atoms with E-state index in [0.717, 1.165) is 18.4 Å². The molecule has 0 amide bonds. The fourth-order valence-electron chi connectivity index (χ4n) is 2.84. The van der Waals surface area contributed by atoms with Gasteiger partial charge in [0.05, 0.1) is 12.5 Å². The van der Waals surface area contributed by atoms with Gasteiger partial charge in [0.1, 0.15) is 5.75 Å². The molecule has 1 aliphatic carbocycles. The van der Waals surface area contributed by atoms with Gasteiger partial charge in [-0.25, -0.2) is 0 Å². The number of ether oxygens (including phenoxy) is 1. The minimum Gasteiger partial charge on any atom is -0.496 e. The van der Waals surface area contributed by atoms with E-state index in [9.17, 15) is 9.90 Å². The van der Waals surface area contributed by atoms with Crippen LogP contribution in [0.4, 0.5) is 0 Å². The number of carbonyl (C=O) groups is 1. The lowest BCUT2D eigenvalue weighted by atomic mass is 9.87. The number of carboxylic acid groups (broad SMARTS) is 1. The molecule has 19 heavy (non-hydrogen) atoms. The molecule has 3 nitrogen and oxygen atoms in total. The summed E-state index contributed by atoms with van der Waals surface area (Å²) in [7, 11) is 1.60. The third-order valence-corrected chi connectivity index (χ3v) is 4.36. The van der Waals surface area contributed by atoms with Crippen LogP contribution in [0.2, 0.25) is 0 Å². The minimum absolute atomic E-state index is 0.495. The molecule has 2 rings (SSSR count). The maximum atomic E-state index is 11.5. The summed E-state index contributed by atoms with van der Waals surface area (Å²) in [6, 6.07) is 6.04. The summed E-state index contributed by atoms with van der Waals surface area (Å²) in [6.07, 6.45) is 3.57. The normalized spacial score (nSPS) is 16.4. The highest BCUT2D eigenvalue weighted by molar-refractivity contribution is 5.86. The third-order valence-electron chi connectivity index (χ3n) is 4.36. The molecule has 0 bridgehead atoms. The van der Waals surface area contributed by atoms with Gasteiger partial charge in [-0.3, -0.25) is 4.79 Å². The molecule has 1 aromatic carbocycles. The monoisotopic (exact) mass is 262 g/mol. The molecule has 0 spiro atoms. The molecule has 0 radical (unpaired) electrons. The van der Waals surface area contributed by atoms with Crippen LogP contribution in [-0.4, -0.2) is 18.2 Å².